The fourth-order valence-electron chi connectivity index (χ4n) is 2.58. The zero-order valence-electron chi connectivity index (χ0n) is 11.1. The molecular weight excluding hydrogens is 265 g/mol. The van der Waals surface area contributed by atoms with Crippen LogP contribution in [0.2, 0.25) is 0 Å². The van der Waals surface area contributed by atoms with Gasteiger partial charge in [0.1, 0.15) is 17.7 Å². The summed E-state index contributed by atoms with van der Waals surface area (Å²) >= 11 is 0. The van der Waals surface area contributed by atoms with Gasteiger partial charge in [-0.05, 0) is 12.1 Å². The first-order valence-electron chi connectivity index (χ1n) is 6.56. The van der Waals surface area contributed by atoms with Crippen molar-refractivity contribution in [2.45, 2.75) is 18.6 Å². The molecule has 1 aromatic rings. The lowest BCUT2D eigenvalue weighted by atomic mass is 10.1. The van der Waals surface area contributed by atoms with Crippen molar-refractivity contribution in [3.63, 3.8) is 0 Å². The van der Waals surface area contributed by atoms with Crippen LogP contribution in [0.25, 0.3) is 0 Å². The topological polar surface area (TPSA) is 56.8 Å². The molecule has 2 heterocycles. The number of halogens is 1. The third-order valence-corrected chi connectivity index (χ3v) is 3.69. The van der Waals surface area contributed by atoms with Crippen molar-refractivity contribution in [3.05, 3.63) is 29.1 Å². The molecule has 0 spiro atoms. The third kappa shape index (κ3) is 2.25. The number of nitrogens with one attached hydrogen (secondary N) is 1. The summed E-state index contributed by atoms with van der Waals surface area (Å²) in [5.74, 6) is -0.260. The molecular formula is C14H16FNO4. The van der Waals surface area contributed by atoms with E-state index in [1.165, 1.54) is 12.1 Å². The minimum absolute atomic E-state index is 0.159. The van der Waals surface area contributed by atoms with Gasteiger partial charge in [0.05, 0.1) is 31.4 Å². The average molecular weight is 281 g/mol. The maximum atomic E-state index is 13.6. The molecule has 1 fully saturated rings. The standard InChI is InChI=1S/C14H16FNO4/c1-18-12-7-19-6-11(12)16-14(17)9-2-3-10(15)8-4-5-20-13(8)9/h2-3,11-12H,4-7H2,1H3,(H,16,17)/t11-,12-/m1/s1. The van der Waals surface area contributed by atoms with Crippen molar-refractivity contribution in [3.8, 4) is 5.75 Å². The van der Waals surface area contributed by atoms with E-state index in [0.29, 0.717) is 43.1 Å². The predicted octanol–water partition coefficient (Wildman–Crippen LogP) is 0.904. The van der Waals surface area contributed by atoms with Crippen LogP contribution in [0.5, 0.6) is 5.75 Å². The molecule has 108 valence electrons. The van der Waals surface area contributed by atoms with Crippen molar-refractivity contribution in [1.29, 1.82) is 0 Å². The summed E-state index contributed by atoms with van der Waals surface area (Å²) < 4.78 is 29.5. The number of amides is 1. The molecule has 0 aromatic heterocycles. The van der Waals surface area contributed by atoms with E-state index in [1.807, 2.05) is 0 Å². The second-order valence-corrected chi connectivity index (χ2v) is 4.89. The Kier molecular flexibility index (Phi) is 3.58. The van der Waals surface area contributed by atoms with Crippen LogP contribution in [0.3, 0.4) is 0 Å². The quantitative estimate of drug-likeness (QED) is 0.894. The van der Waals surface area contributed by atoms with E-state index in [2.05, 4.69) is 5.32 Å². The van der Waals surface area contributed by atoms with Crippen LogP contribution in [0.1, 0.15) is 15.9 Å². The van der Waals surface area contributed by atoms with Gasteiger partial charge in [-0.2, -0.15) is 0 Å². The number of rotatable bonds is 3. The summed E-state index contributed by atoms with van der Waals surface area (Å²) in [5.41, 5.74) is 0.837. The molecule has 20 heavy (non-hydrogen) atoms. The average Bonchev–Trinajstić information content (AvgIpc) is 3.07. The van der Waals surface area contributed by atoms with E-state index in [4.69, 9.17) is 14.2 Å². The minimum atomic E-state index is -0.326. The third-order valence-electron chi connectivity index (χ3n) is 3.69. The molecule has 3 rings (SSSR count). The van der Waals surface area contributed by atoms with Gasteiger partial charge in [-0.3, -0.25) is 4.79 Å². The highest BCUT2D eigenvalue weighted by Gasteiger charge is 2.31. The number of carbonyl (C=O) groups excluding carboxylic acids is 1. The maximum Gasteiger partial charge on any atom is 0.255 e. The molecule has 1 saturated heterocycles. The molecule has 2 aliphatic heterocycles. The van der Waals surface area contributed by atoms with Crippen molar-refractivity contribution < 1.29 is 23.4 Å². The summed E-state index contributed by atoms with van der Waals surface area (Å²) in [6, 6.07) is 2.56. The van der Waals surface area contributed by atoms with Crippen LogP contribution < -0.4 is 10.1 Å². The molecule has 0 unspecified atom stereocenters. The van der Waals surface area contributed by atoms with Gasteiger partial charge in [0.2, 0.25) is 0 Å². The zero-order chi connectivity index (χ0) is 14.1. The van der Waals surface area contributed by atoms with Crippen molar-refractivity contribution in [2.24, 2.45) is 0 Å². The molecule has 0 saturated carbocycles. The van der Waals surface area contributed by atoms with Crippen LogP contribution in [-0.4, -0.2) is 45.0 Å². The first-order chi connectivity index (χ1) is 9.70. The van der Waals surface area contributed by atoms with E-state index < -0.39 is 0 Å². The molecule has 0 bridgehead atoms. The fourth-order valence-corrected chi connectivity index (χ4v) is 2.58. The summed E-state index contributed by atoms with van der Waals surface area (Å²) in [6.07, 6.45) is 0.337. The Bertz CT molecular complexity index is 534. The fraction of sp³-hybridized carbons (Fsp3) is 0.500. The van der Waals surface area contributed by atoms with Crippen LogP contribution in [-0.2, 0) is 15.9 Å². The minimum Gasteiger partial charge on any atom is -0.492 e. The highest BCUT2D eigenvalue weighted by molar-refractivity contribution is 5.97. The number of hydrogen-bond acceptors (Lipinski definition) is 4. The second-order valence-electron chi connectivity index (χ2n) is 4.89. The SMILES string of the molecule is CO[C@@H]1COC[C@H]1NC(=O)c1ccc(F)c2c1OCC2. The monoisotopic (exact) mass is 281 g/mol. The number of hydrogen-bond donors (Lipinski definition) is 1. The van der Waals surface area contributed by atoms with E-state index >= 15 is 0 Å². The largest absolute Gasteiger partial charge is 0.492 e. The smallest absolute Gasteiger partial charge is 0.255 e. The summed E-state index contributed by atoms with van der Waals surface area (Å²) in [5, 5.41) is 2.85. The van der Waals surface area contributed by atoms with Crippen LogP contribution in [0.4, 0.5) is 4.39 Å². The lowest BCUT2D eigenvalue weighted by molar-refractivity contribution is 0.0684. The number of fused-ring (bicyclic) bond motifs is 1. The first-order valence-corrected chi connectivity index (χ1v) is 6.56. The Labute approximate surface area is 116 Å². The molecule has 5 nitrogen and oxygen atoms in total. The van der Waals surface area contributed by atoms with Gasteiger partial charge in [-0.1, -0.05) is 0 Å². The van der Waals surface area contributed by atoms with Crippen LogP contribution in [0, 0.1) is 5.82 Å². The number of methoxy groups -OCH3 is 1. The molecule has 1 amide bonds. The Morgan fingerprint density at radius 3 is 3.10 bits per heavy atom. The predicted molar refractivity (Wildman–Crippen MR) is 68.5 cm³/mol. The summed E-state index contributed by atoms with van der Waals surface area (Å²) in [4.78, 5) is 12.3. The Morgan fingerprint density at radius 2 is 2.30 bits per heavy atom. The van der Waals surface area contributed by atoms with Gasteiger partial charge >= 0.3 is 0 Å². The number of benzene rings is 1. The number of ether oxygens (including phenoxy) is 3. The van der Waals surface area contributed by atoms with Crippen molar-refractivity contribution in [1.82, 2.24) is 5.32 Å². The van der Waals surface area contributed by atoms with Gasteiger partial charge in [-0.25, -0.2) is 4.39 Å². The Morgan fingerprint density at radius 1 is 1.45 bits per heavy atom. The van der Waals surface area contributed by atoms with Crippen LogP contribution >= 0.6 is 0 Å². The highest BCUT2D eigenvalue weighted by atomic mass is 19.1. The van der Waals surface area contributed by atoms with E-state index in [0.717, 1.165) is 0 Å². The van der Waals surface area contributed by atoms with Gasteiger partial charge in [0.15, 0.2) is 0 Å². The van der Waals surface area contributed by atoms with Crippen molar-refractivity contribution >= 4 is 5.91 Å². The second kappa shape index (κ2) is 5.38. The van der Waals surface area contributed by atoms with Gasteiger partial charge < -0.3 is 19.5 Å². The van der Waals surface area contributed by atoms with E-state index in [1.54, 1.807) is 7.11 Å². The molecule has 1 N–H and O–H groups in total. The Balaban J connectivity index is 1.80. The van der Waals surface area contributed by atoms with Gasteiger partial charge in [-0.15, -0.1) is 0 Å². The molecule has 1 aromatic carbocycles. The zero-order valence-corrected chi connectivity index (χ0v) is 11.1. The summed E-state index contributed by atoms with van der Waals surface area (Å²) in [6.45, 7) is 1.28. The van der Waals surface area contributed by atoms with E-state index in [9.17, 15) is 9.18 Å². The highest BCUT2D eigenvalue weighted by Crippen LogP contribution is 2.31. The lowest BCUT2D eigenvalue weighted by Gasteiger charge is -2.18. The maximum absolute atomic E-state index is 13.6. The molecule has 6 heteroatoms. The number of carbonyl (C=O) groups is 1. The first kappa shape index (κ1) is 13.3. The van der Waals surface area contributed by atoms with Crippen LogP contribution in [0.15, 0.2) is 12.1 Å². The van der Waals surface area contributed by atoms with Gasteiger partial charge in [0, 0.05) is 19.1 Å². The molecule has 0 radical (unpaired) electrons. The molecule has 0 aliphatic carbocycles. The molecule has 2 aliphatic rings. The van der Waals surface area contributed by atoms with E-state index in [-0.39, 0.29) is 23.9 Å². The van der Waals surface area contributed by atoms with Crippen molar-refractivity contribution in [2.75, 3.05) is 26.9 Å². The summed E-state index contributed by atoms with van der Waals surface area (Å²) in [7, 11) is 1.58. The van der Waals surface area contributed by atoms with Gasteiger partial charge in [0.25, 0.3) is 5.91 Å². The Hall–Kier alpha value is -1.66. The lowest BCUT2D eigenvalue weighted by Crippen LogP contribution is -2.43. The normalized spacial score (nSPS) is 24.3. The molecule has 2 atom stereocenters.